The summed E-state index contributed by atoms with van der Waals surface area (Å²) in [6.45, 7) is 3.79. The van der Waals surface area contributed by atoms with Crippen molar-refractivity contribution in [3.05, 3.63) is 60.8 Å². The Morgan fingerprint density at radius 2 is 1.05 bits per heavy atom. The quantitative estimate of drug-likeness (QED) is 0.0197. The minimum absolute atomic E-state index is 0.00648. The SMILES string of the molecule is CC/C=C\C/C=C\C/C=C\C/C=C\C/C=C\CCCCOCC(COC1OC(CO)C(O)C(OS(=O)(=O)O)C1O)OC(=O)CCCCCCCCCCCCCCCCCCCCCCC. The van der Waals surface area contributed by atoms with E-state index in [0.29, 0.717) is 13.0 Å². The second kappa shape index (κ2) is 44.0. The van der Waals surface area contributed by atoms with E-state index < -0.39 is 59.8 Å². The molecule has 66 heavy (non-hydrogen) atoms. The van der Waals surface area contributed by atoms with Crippen LogP contribution in [0.2, 0.25) is 0 Å². The minimum Gasteiger partial charge on any atom is -0.457 e. The molecule has 0 spiro atoms. The molecule has 6 unspecified atom stereocenters. The van der Waals surface area contributed by atoms with Crippen molar-refractivity contribution in [1.29, 1.82) is 0 Å². The van der Waals surface area contributed by atoms with E-state index >= 15 is 0 Å². The Balaban J connectivity index is 2.38. The zero-order valence-corrected chi connectivity index (χ0v) is 42.1. The lowest BCUT2D eigenvalue weighted by molar-refractivity contribution is -0.301. The standard InChI is InChI=1S/C53H94O12S/c1-3-5-7-9-11-13-15-17-19-21-23-24-25-26-28-30-32-34-36-38-40-42-49(55)63-47(46-62-53-51(57)52(65-66(58,59)60)50(56)48(44-54)64-53)45-61-43-41-39-37-35-33-31-29-27-22-20-18-16-14-12-10-8-6-4-2/h6,8,12,14,18,20,27,29,33,35,47-48,50-54,56-57H,3-5,7,9-11,13,15-17,19,21-26,28,30-32,34,36-46H2,1-2H3,(H,58,59,60)/b8-6-,14-12-,20-18-,29-27-,35-33-. The zero-order valence-electron chi connectivity index (χ0n) is 41.2. The number of rotatable bonds is 45. The highest BCUT2D eigenvalue weighted by Gasteiger charge is 2.48. The van der Waals surface area contributed by atoms with Crippen LogP contribution in [0.5, 0.6) is 0 Å². The number of hydrogen-bond acceptors (Lipinski definition) is 11. The predicted molar refractivity (Wildman–Crippen MR) is 266 cm³/mol. The Hall–Kier alpha value is -2.20. The fraction of sp³-hybridized carbons (Fsp3) is 0.792. The first-order chi connectivity index (χ1) is 32.1. The van der Waals surface area contributed by atoms with Gasteiger partial charge in [-0.1, -0.05) is 203 Å². The number of aliphatic hydroxyl groups excluding tert-OH is 3. The second-order valence-electron chi connectivity index (χ2n) is 17.7. The fourth-order valence-corrected chi connectivity index (χ4v) is 8.27. The Kier molecular flexibility index (Phi) is 41.2. The largest absolute Gasteiger partial charge is 0.457 e. The molecule has 1 aliphatic heterocycles. The molecule has 0 aromatic rings. The molecule has 0 aliphatic carbocycles. The molecule has 1 fully saturated rings. The van der Waals surface area contributed by atoms with Crippen LogP contribution in [-0.4, -0.2) is 97.5 Å². The van der Waals surface area contributed by atoms with Crippen LogP contribution in [0.25, 0.3) is 0 Å². The van der Waals surface area contributed by atoms with Crippen LogP contribution in [0.4, 0.5) is 0 Å². The van der Waals surface area contributed by atoms with E-state index in [1.165, 1.54) is 109 Å². The van der Waals surface area contributed by atoms with E-state index in [2.05, 4.69) is 78.8 Å². The third kappa shape index (κ3) is 36.8. The van der Waals surface area contributed by atoms with Gasteiger partial charge in [-0.3, -0.25) is 9.35 Å². The maximum absolute atomic E-state index is 12.9. The van der Waals surface area contributed by atoms with E-state index in [1.807, 2.05) is 0 Å². The van der Waals surface area contributed by atoms with Gasteiger partial charge in [0.05, 0.1) is 19.8 Å². The molecule has 384 valence electrons. The normalized spacial score (nSPS) is 20.0. The van der Waals surface area contributed by atoms with Gasteiger partial charge >= 0.3 is 16.4 Å². The monoisotopic (exact) mass is 955 g/mol. The highest BCUT2D eigenvalue weighted by Crippen LogP contribution is 2.26. The lowest BCUT2D eigenvalue weighted by Crippen LogP contribution is -2.60. The van der Waals surface area contributed by atoms with Gasteiger partial charge in [0.25, 0.3) is 0 Å². The van der Waals surface area contributed by atoms with Crippen LogP contribution >= 0.6 is 0 Å². The summed E-state index contributed by atoms with van der Waals surface area (Å²) < 4.78 is 59.2. The number of hydrogen-bond donors (Lipinski definition) is 4. The van der Waals surface area contributed by atoms with Crippen molar-refractivity contribution in [3.63, 3.8) is 0 Å². The number of unbranched alkanes of at least 4 members (excludes halogenated alkanes) is 22. The molecule has 6 atom stereocenters. The smallest absolute Gasteiger partial charge is 0.397 e. The van der Waals surface area contributed by atoms with Gasteiger partial charge < -0.3 is 34.3 Å². The van der Waals surface area contributed by atoms with Gasteiger partial charge in [-0.05, 0) is 57.8 Å². The Morgan fingerprint density at radius 1 is 0.591 bits per heavy atom. The maximum Gasteiger partial charge on any atom is 0.397 e. The first kappa shape index (κ1) is 61.8. The number of allylic oxidation sites excluding steroid dienone is 10. The number of carbonyl (C=O) groups excluding carboxylic acids is 1. The van der Waals surface area contributed by atoms with Gasteiger partial charge in [0.1, 0.15) is 30.5 Å². The number of aliphatic hydroxyl groups is 3. The fourth-order valence-electron chi connectivity index (χ4n) is 7.76. The van der Waals surface area contributed by atoms with Gasteiger partial charge in [0.15, 0.2) is 6.29 Å². The van der Waals surface area contributed by atoms with Gasteiger partial charge in [0, 0.05) is 13.0 Å². The number of ether oxygens (including phenoxy) is 4. The van der Waals surface area contributed by atoms with Crippen LogP contribution in [0.1, 0.15) is 206 Å². The minimum atomic E-state index is -5.07. The molecule has 12 nitrogen and oxygen atoms in total. The van der Waals surface area contributed by atoms with Gasteiger partial charge in [0.2, 0.25) is 0 Å². The van der Waals surface area contributed by atoms with E-state index in [9.17, 15) is 33.1 Å². The summed E-state index contributed by atoms with van der Waals surface area (Å²) >= 11 is 0. The van der Waals surface area contributed by atoms with Crippen molar-refractivity contribution >= 4 is 16.4 Å². The summed E-state index contributed by atoms with van der Waals surface area (Å²) in [5, 5.41) is 30.8. The molecule has 0 bridgehead atoms. The van der Waals surface area contributed by atoms with E-state index in [0.717, 1.165) is 70.6 Å². The van der Waals surface area contributed by atoms with E-state index in [1.54, 1.807) is 0 Å². The summed E-state index contributed by atoms with van der Waals surface area (Å²) in [7, 11) is -5.07. The molecular formula is C53H94O12S. The second-order valence-corrected chi connectivity index (χ2v) is 18.8. The third-order valence-electron chi connectivity index (χ3n) is 11.7. The van der Waals surface area contributed by atoms with Crippen molar-refractivity contribution in [2.45, 2.75) is 243 Å². The highest BCUT2D eigenvalue weighted by molar-refractivity contribution is 7.80. The molecule has 4 N–H and O–H groups in total. The number of carbonyl (C=O) groups is 1. The van der Waals surface area contributed by atoms with Crippen LogP contribution in [-0.2, 0) is 38.3 Å². The molecule has 1 rings (SSSR count). The Bertz CT molecular complexity index is 1380. The average Bonchev–Trinajstić information content (AvgIpc) is 3.29. The molecule has 1 saturated heterocycles. The van der Waals surface area contributed by atoms with Gasteiger partial charge in [-0.2, -0.15) is 8.42 Å². The molecule has 0 aromatic carbocycles. The van der Waals surface area contributed by atoms with Crippen molar-refractivity contribution < 1.29 is 56.2 Å². The van der Waals surface area contributed by atoms with E-state index in [-0.39, 0.29) is 19.6 Å². The first-order valence-electron chi connectivity index (χ1n) is 26.0. The maximum atomic E-state index is 12.9. The predicted octanol–water partition coefficient (Wildman–Crippen LogP) is 12.1. The lowest BCUT2D eigenvalue weighted by atomic mass is 9.99. The highest BCUT2D eigenvalue weighted by atomic mass is 32.3. The Labute approximate surface area is 401 Å². The van der Waals surface area contributed by atoms with Crippen molar-refractivity contribution in [2.75, 3.05) is 26.4 Å². The Morgan fingerprint density at radius 3 is 1.50 bits per heavy atom. The summed E-state index contributed by atoms with van der Waals surface area (Å²) in [6.07, 6.45) is 46.9. The van der Waals surface area contributed by atoms with Crippen LogP contribution in [0.3, 0.4) is 0 Å². The van der Waals surface area contributed by atoms with Gasteiger partial charge in [-0.25, -0.2) is 4.18 Å². The molecule has 1 heterocycles. The molecule has 0 amide bonds. The number of esters is 1. The van der Waals surface area contributed by atoms with Crippen molar-refractivity contribution in [2.24, 2.45) is 0 Å². The summed E-state index contributed by atoms with van der Waals surface area (Å²) in [5.41, 5.74) is 0. The summed E-state index contributed by atoms with van der Waals surface area (Å²) in [5.74, 6) is -0.412. The van der Waals surface area contributed by atoms with Crippen molar-refractivity contribution in [1.82, 2.24) is 0 Å². The molecule has 1 aliphatic rings. The average molecular weight is 955 g/mol. The summed E-state index contributed by atoms with van der Waals surface area (Å²) in [6, 6.07) is 0. The molecule has 0 saturated carbocycles. The van der Waals surface area contributed by atoms with Crippen LogP contribution in [0, 0.1) is 0 Å². The lowest BCUT2D eigenvalue weighted by Gasteiger charge is -2.41. The summed E-state index contributed by atoms with van der Waals surface area (Å²) in [4.78, 5) is 12.9. The van der Waals surface area contributed by atoms with Crippen LogP contribution in [0.15, 0.2) is 60.8 Å². The first-order valence-corrected chi connectivity index (χ1v) is 27.4. The molecule has 0 aromatic heterocycles. The topological polar surface area (TPSA) is 178 Å². The van der Waals surface area contributed by atoms with Crippen molar-refractivity contribution in [3.8, 4) is 0 Å². The molecule has 13 heteroatoms. The van der Waals surface area contributed by atoms with E-state index in [4.69, 9.17) is 18.9 Å². The van der Waals surface area contributed by atoms with Gasteiger partial charge in [-0.15, -0.1) is 0 Å². The molecular weight excluding hydrogens is 861 g/mol. The molecule has 0 radical (unpaired) electrons. The third-order valence-corrected chi connectivity index (χ3v) is 12.1. The zero-order chi connectivity index (χ0) is 48.2. The van der Waals surface area contributed by atoms with Crippen LogP contribution < -0.4 is 0 Å².